The van der Waals surface area contributed by atoms with Crippen molar-refractivity contribution in [1.82, 2.24) is 4.57 Å². The lowest BCUT2D eigenvalue weighted by Crippen LogP contribution is -2.18. The Morgan fingerprint density at radius 1 is 1.04 bits per heavy atom. The molecular weight excluding hydrogens is 338 g/mol. The standard InChI is InChI=1S/C18H19N3O5/c1-11(22)19-13-6-7-14(15(9-13)20-12(2)23)17(24)10-26-18(25)16-5-4-8-21(16)3/h4-9H,10H2,1-3H3,(H,19,22)(H,20,23). The summed E-state index contributed by atoms with van der Waals surface area (Å²) in [6.45, 7) is 2.17. The van der Waals surface area contributed by atoms with Crippen LogP contribution in [-0.4, -0.2) is 34.7 Å². The molecule has 0 aliphatic heterocycles. The van der Waals surface area contributed by atoms with E-state index in [1.165, 1.54) is 32.0 Å². The number of rotatable bonds is 6. The number of aromatic nitrogens is 1. The minimum absolute atomic E-state index is 0.175. The molecule has 0 bridgehead atoms. The summed E-state index contributed by atoms with van der Waals surface area (Å²) >= 11 is 0. The van der Waals surface area contributed by atoms with Crippen LogP contribution in [0.2, 0.25) is 0 Å². The zero-order valence-electron chi connectivity index (χ0n) is 14.7. The third kappa shape index (κ3) is 4.79. The molecule has 8 heteroatoms. The number of ketones is 1. The summed E-state index contributed by atoms with van der Waals surface area (Å²) < 4.78 is 6.63. The number of aryl methyl sites for hydroxylation is 1. The number of amides is 2. The van der Waals surface area contributed by atoms with Crippen LogP contribution in [0.1, 0.15) is 34.7 Å². The quantitative estimate of drug-likeness (QED) is 0.607. The zero-order valence-corrected chi connectivity index (χ0v) is 14.7. The Balaban J connectivity index is 2.16. The van der Waals surface area contributed by atoms with Crippen LogP contribution in [0.25, 0.3) is 0 Å². The number of esters is 1. The van der Waals surface area contributed by atoms with Gasteiger partial charge < -0.3 is 19.9 Å². The van der Waals surface area contributed by atoms with Gasteiger partial charge in [0, 0.05) is 38.3 Å². The van der Waals surface area contributed by atoms with Gasteiger partial charge in [-0.25, -0.2) is 4.79 Å². The highest BCUT2D eigenvalue weighted by atomic mass is 16.5. The molecule has 0 aliphatic carbocycles. The SMILES string of the molecule is CC(=O)Nc1ccc(C(=O)COC(=O)c2cccn2C)c(NC(C)=O)c1. The third-order valence-corrected chi connectivity index (χ3v) is 3.44. The van der Waals surface area contributed by atoms with Crippen LogP contribution in [-0.2, 0) is 21.4 Å². The first kappa shape index (κ1) is 18.9. The maximum absolute atomic E-state index is 12.4. The van der Waals surface area contributed by atoms with Crippen molar-refractivity contribution in [3.8, 4) is 0 Å². The summed E-state index contributed by atoms with van der Waals surface area (Å²) in [4.78, 5) is 46.9. The highest BCUT2D eigenvalue weighted by molar-refractivity contribution is 6.07. The van der Waals surface area contributed by atoms with Gasteiger partial charge in [-0.05, 0) is 30.3 Å². The molecule has 2 amide bonds. The lowest BCUT2D eigenvalue weighted by Gasteiger charge is -2.12. The molecule has 0 aliphatic rings. The van der Waals surface area contributed by atoms with Gasteiger partial charge in [-0.15, -0.1) is 0 Å². The van der Waals surface area contributed by atoms with Gasteiger partial charge in [0.05, 0.1) is 5.69 Å². The van der Waals surface area contributed by atoms with Crippen molar-refractivity contribution in [2.45, 2.75) is 13.8 Å². The van der Waals surface area contributed by atoms with Crippen molar-refractivity contribution in [3.05, 3.63) is 47.8 Å². The lowest BCUT2D eigenvalue weighted by molar-refractivity contribution is -0.115. The van der Waals surface area contributed by atoms with Crippen molar-refractivity contribution in [2.24, 2.45) is 7.05 Å². The van der Waals surface area contributed by atoms with E-state index in [9.17, 15) is 19.2 Å². The van der Waals surface area contributed by atoms with E-state index in [4.69, 9.17) is 4.74 Å². The highest BCUT2D eigenvalue weighted by Gasteiger charge is 2.17. The van der Waals surface area contributed by atoms with E-state index in [1.807, 2.05) is 0 Å². The molecule has 0 spiro atoms. The average molecular weight is 357 g/mol. The summed E-state index contributed by atoms with van der Waals surface area (Å²) in [5, 5.41) is 5.11. The molecule has 0 saturated carbocycles. The van der Waals surface area contributed by atoms with Gasteiger partial charge in [-0.2, -0.15) is 0 Å². The van der Waals surface area contributed by atoms with Crippen LogP contribution in [0.5, 0.6) is 0 Å². The molecule has 1 aromatic carbocycles. The normalized spacial score (nSPS) is 10.1. The lowest BCUT2D eigenvalue weighted by atomic mass is 10.1. The second-order valence-corrected chi connectivity index (χ2v) is 5.63. The molecule has 2 N–H and O–H groups in total. The Bertz CT molecular complexity index is 869. The van der Waals surface area contributed by atoms with Crippen LogP contribution in [0.3, 0.4) is 0 Å². The Hall–Kier alpha value is -3.42. The van der Waals surface area contributed by atoms with Crippen molar-refractivity contribution < 1.29 is 23.9 Å². The fourth-order valence-electron chi connectivity index (χ4n) is 2.32. The molecule has 2 aromatic rings. The van der Waals surface area contributed by atoms with Gasteiger partial charge >= 0.3 is 5.97 Å². The van der Waals surface area contributed by atoms with E-state index in [1.54, 1.807) is 29.9 Å². The summed E-state index contributed by atoms with van der Waals surface area (Å²) in [6, 6.07) is 7.72. The molecule has 0 unspecified atom stereocenters. The largest absolute Gasteiger partial charge is 0.453 e. The molecule has 8 nitrogen and oxygen atoms in total. The molecule has 2 rings (SSSR count). The van der Waals surface area contributed by atoms with Gasteiger partial charge in [0.2, 0.25) is 17.6 Å². The van der Waals surface area contributed by atoms with Crippen LogP contribution >= 0.6 is 0 Å². The van der Waals surface area contributed by atoms with Crippen molar-refractivity contribution in [2.75, 3.05) is 17.2 Å². The maximum atomic E-state index is 12.4. The number of hydrogen-bond donors (Lipinski definition) is 2. The monoisotopic (exact) mass is 357 g/mol. The third-order valence-electron chi connectivity index (χ3n) is 3.44. The van der Waals surface area contributed by atoms with Crippen LogP contribution in [0, 0.1) is 0 Å². The van der Waals surface area contributed by atoms with E-state index in [-0.39, 0.29) is 23.1 Å². The molecule has 0 fully saturated rings. The second-order valence-electron chi connectivity index (χ2n) is 5.63. The predicted molar refractivity (Wildman–Crippen MR) is 95.1 cm³/mol. The Labute approximate surface area is 150 Å². The fraction of sp³-hybridized carbons (Fsp3) is 0.222. The topological polar surface area (TPSA) is 106 Å². The summed E-state index contributed by atoms with van der Waals surface area (Å²) in [5.74, 6) is -1.76. The van der Waals surface area contributed by atoms with Gasteiger partial charge in [-0.1, -0.05) is 0 Å². The number of ether oxygens (including phenoxy) is 1. The highest BCUT2D eigenvalue weighted by Crippen LogP contribution is 2.22. The van der Waals surface area contributed by atoms with Crippen LogP contribution in [0.4, 0.5) is 11.4 Å². The molecule has 0 radical (unpaired) electrons. The Kier molecular flexibility index (Phi) is 5.90. The number of nitrogens with one attached hydrogen (secondary N) is 2. The second kappa shape index (κ2) is 8.11. The Morgan fingerprint density at radius 2 is 1.73 bits per heavy atom. The fourth-order valence-corrected chi connectivity index (χ4v) is 2.32. The number of Topliss-reactive ketones (excluding diaryl/α,β-unsaturated/α-hetero) is 1. The number of nitrogens with zero attached hydrogens (tertiary/aromatic N) is 1. The maximum Gasteiger partial charge on any atom is 0.355 e. The smallest absolute Gasteiger partial charge is 0.355 e. The van der Waals surface area contributed by atoms with Gasteiger partial charge in [-0.3, -0.25) is 14.4 Å². The number of benzene rings is 1. The minimum atomic E-state index is -0.623. The first-order valence-electron chi connectivity index (χ1n) is 7.79. The first-order valence-corrected chi connectivity index (χ1v) is 7.79. The van der Waals surface area contributed by atoms with E-state index in [0.29, 0.717) is 11.4 Å². The number of anilines is 2. The molecule has 1 aromatic heterocycles. The predicted octanol–water partition coefficient (Wildman–Crippen LogP) is 1.98. The van der Waals surface area contributed by atoms with Crippen molar-refractivity contribution >= 4 is 34.9 Å². The van der Waals surface area contributed by atoms with Crippen LogP contribution < -0.4 is 10.6 Å². The van der Waals surface area contributed by atoms with Crippen LogP contribution in [0.15, 0.2) is 36.5 Å². The number of carbonyl (C=O) groups excluding carboxylic acids is 4. The zero-order chi connectivity index (χ0) is 19.3. The minimum Gasteiger partial charge on any atom is -0.453 e. The Morgan fingerprint density at radius 3 is 2.31 bits per heavy atom. The molecule has 0 saturated heterocycles. The molecule has 136 valence electrons. The summed E-state index contributed by atoms with van der Waals surface area (Å²) in [7, 11) is 1.69. The summed E-state index contributed by atoms with van der Waals surface area (Å²) in [6.07, 6.45) is 1.69. The molecule has 26 heavy (non-hydrogen) atoms. The molecule has 1 heterocycles. The van der Waals surface area contributed by atoms with E-state index >= 15 is 0 Å². The summed E-state index contributed by atoms with van der Waals surface area (Å²) in [5.41, 5.74) is 1.15. The first-order chi connectivity index (χ1) is 12.3. The van der Waals surface area contributed by atoms with Crippen molar-refractivity contribution in [1.29, 1.82) is 0 Å². The van der Waals surface area contributed by atoms with Gasteiger partial charge in [0.15, 0.2) is 6.61 Å². The number of carbonyl (C=O) groups is 4. The molecule has 0 atom stereocenters. The van der Waals surface area contributed by atoms with E-state index in [2.05, 4.69) is 10.6 Å². The van der Waals surface area contributed by atoms with Gasteiger partial charge in [0.25, 0.3) is 0 Å². The number of hydrogen-bond acceptors (Lipinski definition) is 5. The van der Waals surface area contributed by atoms with E-state index in [0.717, 1.165) is 0 Å². The van der Waals surface area contributed by atoms with E-state index < -0.39 is 18.4 Å². The van der Waals surface area contributed by atoms with Crippen molar-refractivity contribution in [3.63, 3.8) is 0 Å². The van der Waals surface area contributed by atoms with Gasteiger partial charge in [0.1, 0.15) is 5.69 Å². The average Bonchev–Trinajstić information content (AvgIpc) is 2.97. The molecular formula is C18H19N3O5.